The normalized spacial score (nSPS) is 35.6. The number of hydrogen-bond acceptors (Lipinski definition) is 2. The van der Waals surface area contributed by atoms with Crippen LogP contribution < -0.4 is 5.32 Å². The highest BCUT2D eigenvalue weighted by molar-refractivity contribution is 5.80. The molecule has 0 aromatic carbocycles. The van der Waals surface area contributed by atoms with Crippen LogP contribution in [0.25, 0.3) is 0 Å². The molecular weight excluding hydrogens is 244 g/mol. The van der Waals surface area contributed by atoms with Gasteiger partial charge in [-0.15, -0.1) is 0 Å². The van der Waals surface area contributed by atoms with Gasteiger partial charge in [-0.05, 0) is 39.0 Å². The average molecular weight is 266 g/mol. The van der Waals surface area contributed by atoms with E-state index in [0.717, 1.165) is 25.7 Å². The number of aliphatic carboxylic acids is 1. The van der Waals surface area contributed by atoms with Gasteiger partial charge in [0.2, 0.25) is 0 Å². The van der Waals surface area contributed by atoms with E-state index in [1.165, 1.54) is 12.8 Å². The minimum Gasteiger partial charge on any atom is -0.481 e. The van der Waals surface area contributed by atoms with E-state index in [-0.39, 0.29) is 29.6 Å². The van der Waals surface area contributed by atoms with Gasteiger partial charge in [-0.3, -0.25) is 4.79 Å². The first kappa shape index (κ1) is 12.8. The molecule has 0 aromatic heterocycles. The Labute approximate surface area is 113 Å². The highest BCUT2D eigenvalue weighted by Gasteiger charge is 2.52. The number of nitrogens with zero attached hydrogens (tertiary/aromatic N) is 1. The summed E-state index contributed by atoms with van der Waals surface area (Å²) < 4.78 is 0. The first-order chi connectivity index (χ1) is 9.00. The lowest BCUT2D eigenvalue weighted by atomic mass is 9.89. The monoisotopic (exact) mass is 266 g/mol. The summed E-state index contributed by atoms with van der Waals surface area (Å²) in [7, 11) is 0. The molecule has 2 bridgehead atoms. The van der Waals surface area contributed by atoms with E-state index in [9.17, 15) is 14.7 Å². The van der Waals surface area contributed by atoms with Crippen LogP contribution in [0.4, 0.5) is 4.79 Å². The summed E-state index contributed by atoms with van der Waals surface area (Å²) in [6, 6.07) is 0.00394. The van der Waals surface area contributed by atoms with Crippen LogP contribution in [0, 0.1) is 5.92 Å². The van der Waals surface area contributed by atoms with E-state index >= 15 is 0 Å². The molecule has 5 heteroatoms. The van der Waals surface area contributed by atoms with E-state index in [1.807, 2.05) is 4.90 Å². The molecule has 0 spiro atoms. The maximum absolute atomic E-state index is 12.5. The number of carboxylic acids is 1. The van der Waals surface area contributed by atoms with E-state index < -0.39 is 5.97 Å². The third-order valence-corrected chi connectivity index (χ3v) is 5.20. The molecule has 2 heterocycles. The standard InChI is InChI=1S/C14H22N2O3/c1-14(6-2-3-7-14)15-13(19)16-9-4-5-11(16)10(8-9)12(17)18/h9-11H,2-8H2,1H3,(H,15,19)(H,17,18). The largest absolute Gasteiger partial charge is 0.481 e. The molecule has 3 unspecified atom stereocenters. The van der Waals surface area contributed by atoms with Crippen LogP contribution in [0.15, 0.2) is 0 Å². The number of fused-ring (bicyclic) bond motifs is 2. The van der Waals surface area contributed by atoms with Crippen molar-refractivity contribution in [2.75, 3.05) is 0 Å². The predicted octanol–water partition coefficient (Wildman–Crippen LogP) is 1.97. The Balaban J connectivity index is 1.69. The SMILES string of the molecule is CC1(NC(=O)N2C3CCC2C(C(=O)O)C3)CCCC1. The van der Waals surface area contributed by atoms with Gasteiger partial charge in [0.15, 0.2) is 0 Å². The molecule has 1 aliphatic carbocycles. The minimum atomic E-state index is -0.753. The topological polar surface area (TPSA) is 69.6 Å². The maximum Gasteiger partial charge on any atom is 0.318 e. The molecular formula is C14H22N2O3. The van der Waals surface area contributed by atoms with Crippen molar-refractivity contribution in [3.63, 3.8) is 0 Å². The Kier molecular flexibility index (Phi) is 2.95. The Morgan fingerprint density at radius 1 is 1.26 bits per heavy atom. The van der Waals surface area contributed by atoms with Crippen LogP contribution in [-0.2, 0) is 4.79 Å². The first-order valence-electron chi connectivity index (χ1n) is 7.33. The van der Waals surface area contributed by atoms with Crippen LogP contribution in [0.1, 0.15) is 51.9 Å². The maximum atomic E-state index is 12.5. The summed E-state index contributed by atoms with van der Waals surface area (Å²) in [6.45, 7) is 2.10. The fraction of sp³-hybridized carbons (Fsp3) is 0.857. The highest BCUT2D eigenvalue weighted by atomic mass is 16.4. The van der Waals surface area contributed by atoms with Gasteiger partial charge < -0.3 is 15.3 Å². The summed E-state index contributed by atoms with van der Waals surface area (Å²) in [6.07, 6.45) is 6.83. The fourth-order valence-corrected chi connectivity index (χ4v) is 4.17. The second-order valence-corrected chi connectivity index (χ2v) is 6.58. The van der Waals surface area contributed by atoms with Crippen LogP contribution in [0.2, 0.25) is 0 Å². The Morgan fingerprint density at radius 3 is 2.53 bits per heavy atom. The molecule has 1 saturated carbocycles. The molecule has 2 N–H and O–H groups in total. The Morgan fingerprint density at radius 2 is 1.95 bits per heavy atom. The minimum absolute atomic E-state index is 0.0411. The summed E-state index contributed by atoms with van der Waals surface area (Å²) in [5.74, 6) is -1.11. The molecule has 3 aliphatic rings. The van der Waals surface area contributed by atoms with E-state index in [4.69, 9.17) is 0 Å². The smallest absolute Gasteiger partial charge is 0.318 e. The molecule has 0 radical (unpaired) electrons. The summed E-state index contributed by atoms with van der Waals surface area (Å²) in [5, 5.41) is 12.4. The lowest BCUT2D eigenvalue weighted by Crippen LogP contribution is -2.52. The molecule has 2 amide bonds. The van der Waals surface area contributed by atoms with E-state index in [2.05, 4.69) is 12.2 Å². The molecule has 0 aromatic rings. The fourth-order valence-electron chi connectivity index (χ4n) is 4.17. The van der Waals surface area contributed by atoms with Gasteiger partial charge in [0.25, 0.3) is 0 Å². The van der Waals surface area contributed by atoms with Crippen molar-refractivity contribution in [3.05, 3.63) is 0 Å². The summed E-state index contributed by atoms with van der Waals surface area (Å²) in [4.78, 5) is 25.5. The zero-order valence-corrected chi connectivity index (χ0v) is 11.4. The lowest BCUT2D eigenvalue weighted by Gasteiger charge is -2.31. The average Bonchev–Trinajstić information content (AvgIpc) is 3.02. The Bertz CT molecular complexity index is 403. The van der Waals surface area contributed by atoms with Crippen molar-refractivity contribution < 1.29 is 14.7 Å². The molecule has 3 atom stereocenters. The van der Waals surface area contributed by atoms with Crippen molar-refractivity contribution >= 4 is 12.0 Å². The molecule has 3 rings (SSSR count). The summed E-state index contributed by atoms with van der Waals surface area (Å²) >= 11 is 0. The number of hydrogen-bond donors (Lipinski definition) is 2. The quantitative estimate of drug-likeness (QED) is 0.802. The van der Waals surface area contributed by atoms with Crippen LogP contribution >= 0.6 is 0 Å². The van der Waals surface area contributed by atoms with Crippen molar-refractivity contribution in [1.29, 1.82) is 0 Å². The third-order valence-electron chi connectivity index (χ3n) is 5.20. The van der Waals surface area contributed by atoms with Crippen LogP contribution in [0.5, 0.6) is 0 Å². The third kappa shape index (κ3) is 2.09. The molecule has 5 nitrogen and oxygen atoms in total. The number of amides is 2. The number of carbonyl (C=O) groups is 2. The number of rotatable bonds is 2. The van der Waals surface area contributed by atoms with Gasteiger partial charge in [-0.25, -0.2) is 4.79 Å². The highest BCUT2D eigenvalue weighted by Crippen LogP contribution is 2.42. The zero-order chi connectivity index (χ0) is 13.6. The predicted molar refractivity (Wildman–Crippen MR) is 69.8 cm³/mol. The number of carbonyl (C=O) groups excluding carboxylic acids is 1. The molecule has 2 saturated heterocycles. The van der Waals surface area contributed by atoms with Gasteiger partial charge in [0.05, 0.1) is 5.92 Å². The van der Waals surface area contributed by atoms with Gasteiger partial charge in [0, 0.05) is 17.6 Å². The lowest BCUT2D eigenvalue weighted by molar-refractivity contribution is -0.142. The van der Waals surface area contributed by atoms with E-state index in [0.29, 0.717) is 6.42 Å². The zero-order valence-electron chi connectivity index (χ0n) is 11.4. The Hall–Kier alpha value is -1.26. The van der Waals surface area contributed by atoms with Crippen LogP contribution in [0.3, 0.4) is 0 Å². The first-order valence-corrected chi connectivity index (χ1v) is 7.33. The van der Waals surface area contributed by atoms with Crippen molar-refractivity contribution in [3.8, 4) is 0 Å². The van der Waals surface area contributed by atoms with Crippen LogP contribution in [-0.4, -0.2) is 39.6 Å². The van der Waals surface area contributed by atoms with Crippen molar-refractivity contribution in [1.82, 2.24) is 10.2 Å². The van der Waals surface area contributed by atoms with Gasteiger partial charge in [-0.1, -0.05) is 12.8 Å². The van der Waals surface area contributed by atoms with Gasteiger partial charge in [-0.2, -0.15) is 0 Å². The van der Waals surface area contributed by atoms with Crippen molar-refractivity contribution in [2.24, 2.45) is 5.92 Å². The second kappa shape index (κ2) is 4.39. The van der Waals surface area contributed by atoms with Gasteiger partial charge in [0.1, 0.15) is 0 Å². The second-order valence-electron chi connectivity index (χ2n) is 6.58. The van der Waals surface area contributed by atoms with Crippen molar-refractivity contribution in [2.45, 2.75) is 69.5 Å². The molecule has 19 heavy (non-hydrogen) atoms. The number of carboxylic acid groups (broad SMARTS) is 1. The molecule has 3 fully saturated rings. The number of nitrogens with one attached hydrogen (secondary N) is 1. The number of urea groups is 1. The molecule has 106 valence electrons. The molecule has 2 aliphatic heterocycles. The summed E-state index contributed by atoms with van der Waals surface area (Å²) in [5.41, 5.74) is -0.0855. The van der Waals surface area contributed by atoms with E-state index in [1.54, 1.807) is 0 Å². The van der Waals surface area contributed by atoms with Gasteiger partial charge >= 0.3 is 12.0 Å².